The van der Waals surface area contributed by atoms with E-state index in [1.54, 1.807) is 4.90 Å². The maximum absolute atomic E-state index is 13.2. The van der Waals surface area contributed by atoms with Gasteiger partial charge in [0.05, 0.1) is 12.1 Å². The third kappa shape index (κ3) is 4.01. The largest absolute Gasteiger partial charge is 0.507 e. The molecule has 1 aromatic carbocycles. The fraction of sp³-hybridized carbons (Fsp3) is 0.467. The number of phenols is 1. The molecule has 5 nitrogen and oxygen atoms in total. The summed E-state index contributed by atoms with van der Waals surface area (Å²) in [4.78, 5) is 27.2. The molecular formula is C15H19FN2O3. The lowest BCUT2D eigenvalue weighted by Gasteiger charge is -2.20. The number of phenolic OH excluding ortho intramolecular Hbond substituents is 1. The van der Waals surface area contributed by atoms with E-state index in [0.29, 0.717) is 26.2 Å². The molecule has 0 atom stereocenters. The lowest BCUT2D eigenvalue weighted by Crippen LogP contribution is -2.35. The second-order valence-corrected chi connectivity index (χ2v) is 5.22. The van der Waals surface area contributed by atoms with Crippen molar-refractivity contribution >= 4 is 11.7 Å². The van der Waals surface area contributed by atoms with Gasteiger partial charge in [-0.15, -0.1) is 0 Å². The molecule has 6 heteroatoms. The van der Waals surface area contributed by atoms with E-state index >= 15 is 0 Å². The number of aromatic hydroxyl groups is 1. The van der Waals surface area contributed by atoms with E-state index in [2.05, 4.69) is 0 Å². The van der Waals surface area contributed by atoms with Gasteiger partial charge in [0, 0.05) is 33.1 Å². The highest BCUT2D eigenvalue weighted by Crippen LogP contribution is 2.19. The van der Waals surface area contributed by atoms with Gasteiger partial charge in [-0.05, 0) is 24.6 Å². The molecule has 0 bridgehead atoms. The minimum atomic E-state index is -0.547. The first kappa shape index (κ1) is 15.4. The minimum absolute atomic E-state index is 0.00247. The van der Waals surface area contributed by atoms with Crippen LogP contribution in [0.4, 0.5) is 4.39 Å². The van der Waals surface area contributed by atoms with Crippen LogP contribution in [0, 0.1) is 5.82 Å². The molecule has 0 radical (unpaired) electrons. The normalized spacial score (nSPS) is 16.6. The highest BCUT2D eigenvalue weighted by Gasteiger charge is 2.20. The van der Waals surface area contributed by atoms with Crippen LogP contribution in [0.25, 0.3) is 0 Å². The molecule has 21 heavy (non-hydrogen) atoms. The summed E-state index contributed by atoms with van der Waals surface area (Å²) in [6, 6.07) is 3.35. The Bertz CT molecular complexity index is 548. The number of amides is 1. The Balaban J connectivity index is 1.99. The highest BCUT2D eigenvalue weighted by atomic mass is 19.1. The third-order valence-corrected chi connectivity index (χ3v) is 3.66. The van der Waals surface area contributed by atoms with Crippen LogP contribution in [0.3, 0.4) is 0 Å². The monoisotopic (exact) mass is 294 g/mol. The van der Waals surface area contributed by atoms with Crippen molar-refractivity contribution in [3.05, 3.63) is 29.6 Å². The summed E-state index contributed by atoms with van der Waals surface area (Å²) < 4.78 is 13.2. The average Bonchev–Trinajstić information content (AvgIpc) is 2.67. The summed E-state index contributed by atoms with van der Waals surface area (Å²) in [6.07, 6.45) is 0.794. The number of rotatable bonds is 3. The summed E-state index contributed by atoms with van der Waals surface area (Å²) in [6.45, 7) is 4.21. The topological polar surface area (TPSA) is 60.9 Å². The van der Waals surface area contributed by atoms with E-state index in [1.165, 1.54) is 13.0 Å². The van der Waals surface area contributed by atoms with Crippen molar-refractivity contribution in [2.75, 3.05) is 32.7 Å². The number of hydrogen-bond acceptors (Lipinski definition) is 4. The first-order chi connectivity index (χ1) is 9.97. The Kier molecular flexibility index (Phi) is 4.90. The Morgan fingerprint density at radius 2 is 2.00 bits per heavy atom. The van der Waals surface area contributed by atoms with E-state index < -0.39 is 5.82 Å². The van der Waals surface area contributed by atoms with Gasteiger partial charge in [0.15, 0.2) is 5.78 Å². The third-order valence-electron chi connectivity index (χ3n) is 3.66. The number of halogens is 1. The Hall–Kier alpha value is -1.95. The van der Waals surface area contributed by atoms with Crippen LogP contribution in [-0.2, 0) is 4.79 Å². The minimum Gasteiger partial charge on any atom is -0.507 e. The molecule has 1 aliphatic heterocycles. The van der Waals surface area contributed by atoms with Gasteiger partial charge < -0.3 is 10.0 Å². The van der Waals surface area contributed by atoms with E-state index in [4.69, 9.17) is 0 Å². The van der Waals surface area contributed by atoms with Crippen LogP contribution in [-0.4, -0.2) is 59.3 Å². The predicted octanol–water partition coefficient (Wildman–Crippen LogP) is 1.27. The van der Waals surface area contributed by atoms with Crippen molar-refractivity contribution in [3.63, 3.8) is 0 Å². The number of Topliss-reactive ketones (excluding diaryl/α,β-unsaturated/α-hetero) is 1. The molecular weight excluding hydrogens is 275 g/mol. The van der Waals surface area contributed by atoms with E-state index in [-0.39, 0.29) is 29.5 Å². The smallest absolute Gasteiger partial charge is 0.219 e. The van der Waals surface area contributed by atoms with Crippen LogP contribution in [0.2, 0.25) is 0 Å². The summed E-state index contributed by atoms with van der Waals surface area (Å²) in [5.41, 5.74) is 0.00247. The number of hydrogen-bond donors (Lipinski definition) is 1. The molecule has 1 aliphatic rings. The molecule has 114 valence electrons. The zero-order valence-electron chi connectivity index (χ0n) is 12.0. The van der Waals surface area contributed by atoms with Gasteiger partial charge in [0.25, 0.3) is 0 Å². The quantitative estimate of drug-likeness (QED) is 0.853. The average molecular weight is 294 g/mol. The van der Waals surface area contributed by atoms with Crippen LogP contribution < -0.4 is 0 Å². The van der Waals surface area contributed by atoms with E-state index in [1.807, 2.05) is 4.90 Å². The number of benzene rings is 1. The molecule has 2 rings (SSSR count). The van der Waals surface area contributed by atoms with Gasteiger partial charge in [0.1, 0.15) is 11.6 Å². The SMILES string of the molecule is CC(=O)N1CCCN(CC(=O)c2cc(F)ccc2O)CC1. The molecule has 1 aromatic rings. The van der Waals surface area contributed by atoms with Gasteiger partial charge in [0.2, 0.25) is 5.91 Å². The van der Waals surface area contributed by atoms with Gasteiger partial charge in [-0.1, -0.05) is 0 Å². The zero-order chi connectivity index (χ0) is 15.4. The van der Waals surface area contributed by atoms with Crippen molar-refractivity contribution in [2.45, 2.75) is 13.3 Å². The van der Waals surface area contributed by atoms with Crippen molar-refractivity contribution in [3.8, 4) is 5.75 Å². The number of carbonyl (C=O) groups is 2. The fourth-order valence-corrected chi connectivity index (χ4v) is 2.46. The van der Waals surface area contributed by atoms with Crippen LogP contribution in [0.15, 0.2) is 18.2 Å². The first-order valence-corrected chi connectivity index (χ1v) is 6.97. The van der Waals surface area contributed by atoms with Crippen LogP contribution in [0.5, 0.6) is 5.75 Å². The van der Waals surface area contributed by atoms with Crippen molar-refractivity contribution in [1.82, 2.24) is 9.80 Å². The number of nitrogens with zero attached hydrogens (tertiary/aromatic N) is 2. The molecule has 1 amide bonds. The molecule has 1 saturated heterocycles. The molecule has 0 spiro atoms. The number of ketones is 1. The molecule has 1 N–H and O–H groups in total. The zero-order valence-corrected chi connectivity index (χ0v) is 12.0. The first-order valence-electron chi connectivity index (χ1n) is 6.97. The fourth-order valence-electron chi connectivity index (χ4n) is 2.46. The highest BCUT2D eigenvalue weighted by molar-refractivity contribution is 6.00. The molecule has 0 aromatic heterocycles. The second-order valence-electron chi connectivity index (χ2n) is 5.22. The van der Waals surface area contributed by atoms with Crippen LogP contribution >= 0.6 is 0 Å². The molecule has 1 fully saturated rings. The summed E-state index contributed by atoms with van der Waals surface area (Å²) in [5.74, 6) is -1.04. The Morgan fingerprint density at radius 3 is 2.71 bits per heavy atom. The molecule has 0 aliphatic carbocycles. The van der Waals surface area contributed by atoms with E-state index in [9.17, 15) is 19.1 Å². The maximum Gasteiger partial charge on any atom is 0.219 e. The summed E-state index contributed by atoms with van der Waals surface area (Å²) in [7, 11) is 0. The summed E-state index contributed by atoms with van der Waals surface area (Å²) in [5, 5.41) is 9.65. The second kappa shape index (κ2) is 6.67. The van der Waals surface area contributed by atoms with Crippen molar-refractivity contribution in [1.29, 1.82) is 0 Å². The Morgan fingerprint density at radius 1 is 1.24 bits per heavy atom. The van der Waals surface area contributed by atoms with Gasteiger partial charge in [-0.3, -0.25) is 14.5 Å². The van der Waals surface area contributed by atoms with Gasteiger partial charge in [-0.2, -0.15) is 0 Å². The maximum atomic E-state index is 13.2. The van der Waals surface area contributed by atoms with Crippen LogP contribution in [0.1, 0.15) is 23.7 Å². The molecule has 0 unspecified atom stereocenters. The Labute approximate surface area is 123 Å². The van der Waals surface area contributed by atoms with Crippen molar-refractivity contribution < 1.29 is 19.1 Å². The van der Waals surface area contributed by atoms with Crippen molar-refractivity contribution in [2.24, 2.45) is 0 Å². The standard InChI is InChI=1S/C15H19FN2O3/c1-11(19)18-6-2-5-17(7-8-18)10-15(21)13-9-12(16)3-4-14(13)20/h3-4,9,20H,2,5-8,10H2,1H3. The summed E-state index contributed by atoms with van der Waals surface area (Å²) >= 11 is 0. The number of carbonyl (C=O) groups excluding carboxylic acids is 2. The van der Waals surface area contributed by atoms with Gasteiger partial charge in [-0.25, -0.2) is 4.39 Å². The molecule has 0 saturated carbocycles. The lowest BCUT2D eigenvalue weighted by molar-refractivity contribution is -0.128. The van der Waals surface area contributed by atoms with E-state index in [0.717, 1.165) is 18.6 Å². The lowest BCUT2D eigenvalue weighted by atomic mass is 10.1. The van der Waals surface area contributed by atoms with Gasteiger partial charge >= 0.3 is 0 Å². The molecule has 1 heterocycles. The predicted molar refractivity (Wildman–Crippen MR) is 75.7 cm³/mol.